The van der Waals surface area contributed by atoms with Gasteiger partial charge in [0.1, 0.15) is 17.3 Å². The van der Waals surface area contributed by atoms with Crippen LogP contribution in [0.1, 0.15) is 34.9 Å². The fourth-order valence-corrected chi connectivity index (χ4v) is 4.12. The van der Waals surface area contributed by atoms with Crippen molar-refractivity contribution in [1.82, 2.24) is 20.5 Å². The minimum absolute atomic E-state index is 0.358. The second-order valence-corrected chi connectivity index (χ2v) is 8.88. The van der Waals surface area contributed by atoms with Crippen LogP contribution in [0.25, 0.3) is 22.2 Å². The maximum atomic E-state index is 16.0. The average molecular weight is 494 g/mol. The Hall–Kier alpha value is -4.29. The molecule has 0 aliphatic heterocycles. The van der Waals surface area contributed by atoms with Gasteiger partial charge in [0, 0.05) is 24.8 Å². The Balaban J connectivity index is 1.60. The standard InChI is InChI=1S/C31H32FN5/c1-6-23(18-33-19-24-11-9-8-10-12-24)17-25(7-2)26-13-14-27-28(29(26)32)30(37-36-27)22(5)35-31-21(4)20(3)15-16-34-31/h6-17,33H,1,5,18-19H2,2-4H3,(H,34,35)(H,36,37)/b23-17+,25-7+. The lowest BCUT2D eigenvalue weighted by Gasteiger charge is -2.12. The molecular formula is C31H32FN5. The highest BCUT2D eigenvalue weighted by atomic mass is 19.1. The van der Waals surface area contributed by atoms with Crippen molar-refractivity contribution in [2.45, 2.75) is 27.3 Å². The van der Waals surface area contributed by atoms with Gasteiger partial charge in [-0.15, -0.1) is 0 Å². The van der Waals surface area contributed by atoms with Gasteiger partial charge in [-0.05, 0) is 66.8 Å². The van der Waals surface area contributed by atoms with Gasteiger partial charge in [-0.3, -0.25) is 5.10 Å². The molecule has 2 heterocycles. The first-order chi connectivity index (χ1) is 17.9. The summed E-state index contributed by atoms with van der Waals surface area (Å²) < 4.78 is 16.0. The highest BCUT2D eigenvalue weighted by Crippen LogP contribution is 2.31. The van der Waals surface area contributed by atoms with Gasteiger partial charge in [0.05, 0.1) is 16.6 Å². The normalized spacial score (nSPS) is 12.1. The molecule has 0 saturated carbocycles. The van der Waals surface area contributed by atoms with Crippen molar-refractivity contribution in [3.8, 4) is 0 Å². The van der Waals surface area contributed by atoms with Gasteiger partial charge in [0.25, 0.3) is 0 Å². The van der Waals surface area contributed by atoms with Gasteiger partial charge in [0.15, 0.2) is 0 Å². The number of hydrogen-bond acceptors (Lipinski definition) is 4. The summed E-state index contributed by atoms with van der Waals surface area (Å²) in [5.74, 6) is 0.316. The highest BCUT2D eigenvalue weighted by Gasteiger charge is 2.19. The third kappa shape index (κ3) is 5.76. The lowest BCUT2D eigenvalue weighted by Crippen LogP contribution is -2.16. The molecule has 4 aromatic rings. The van der Waals surface area contributed by atoms with E-state index in [1.165, 1.54) is 5.56 Å². The average Bonchev–Trinajstić information content (AvgIpc) is 3.35. The van der Waals surface area contributed by atoms with E-state index in [-0.39, 0.29) is 5.82 Å². The van der Waals surface area contributed by atoms with Crippen LogP contribution >= 0.6 is 0 Å². The van der Waals surface area contributed by atoms with Crippen molar-refractivity contribution in [1.29, 1.82) is 0 Å². The minimum Gasteiger partial charge on any atom is -0.339 e. The van der Waals surface area contributed by atoms with Crippen molar-refractivity contribution in [2.24, 2.45) is 0 Å². The number of hydrogen-bond donors (Lipinski definition) is 3. The van der Waals surface area contributed by atoms with Crippen LogP contribution in [0.4, 0.5) is 10.2 Å². The summed E-state index contributed by atoms with van der Waals surface area (Å²) in [6.07, 6.45) is 7.39. The van der Waals surface area contributed by atoms with E-state index in [4.69, 9.17) is 0 Å². The Kier molecular flexibility index (Phi) is 8.11. The zero-order chi connectivity index (χ0) is 26.4. The lowest BCUT2D eigenvalue weighted by molar-refractivity contribution is 0.636. The molecule has 0 atom stereocenters. The summed E-state index contributed by atoms with van der Waals surface area (Å²) in [6.45, 7) is 15.3. The largest absolute Gasteiger partial charge is 0.339 e. The van der Waals surface area contributed by atoms with Gasteiger partial charge < -0.3 is 10.6 Å². The van der Waals surface area contributed by atoms with Crippen molar-refractivity contribution >= 4 is 28.0 Å². The number of nitrogens with zero attached hydrogens (tertiary/aromatic N) is 2. The van der Waals surface area contributed by atoms with Crippen LogP contribution in [-0.4, -0.2) is 21.7 Å². The summed E-state index contributed by atoms with van der Waals surface area (Å²) >= 11 is 0. The number of benzene rings is 2. The monoisotopic (exact) mass is 493 g/mol. The summed E-state index contributed by atoms with van der Waals surface area (Å²) in [7, 11) is 0. The molecule has 0 aliphatic rings. The molecule has 0 saturated heterocycles. The van der Waals surface area contributed by atoms with E-state index in [0.29, 0.717) is 40.2 Å². The zero-order valence-corrected chi connectivity index (χ0v) is 21.5. The number of fused-ring (bicyclic) bond motifs is 1. The van der Waals surface area contributed by atoms with E-state index in [0.717, 1.165) is 28.8 Å². The van der Waals surface area contributed by atoms with Gasteiger partial charge in [0.2, 0.25) is 0 Å². The quantitative estimate of drug-likeness (QED) is 0.206. The van der Waals surface area contributed by atoms with E-state index < -0.39 is 0 Å². The minimum atomic E-state index is -0.358. The van der Waals surface area contributed by atoms with E-state index >= 15 is 4.39 Å². The van der Waals surface area contributed by atoms with Crippen LogP contribution in [-0.2, 0) is 6.54 Å². The summed E-state index contributed by atoms with van der Waals surface area (Å²) in [4.78, 5) is 4.40. The number of H-pyrrole nitrogens is 1. The Morgan fingerprint density at radius 1 is 1.11 bits per heavy atom. The molecule has 0 aliphatic carbocycles. The zero-order valence-electron chi connectivity index (χ0n) is 21.5. The first-order valence-electron chi connectivity index (χ1n) is 12.2. The topological polar surface area (TPSA) is 65.6 Å². The molecule has 0 fully saturated rings. The third-order valence-corrected chi connectivity index (χ3v) is 6.42. The summed E-state index contributed by atoms with van der Waals surface area (Å²) in [5, 5.41) is 14.3. The van der Waals surface area contributed by atoms with Crippen molar-refractivity contribution in [3.63, 3.8) is 0 Å². The number of aromatic nitrogens is 3. The smallest absolute Gasteiger partial charge is 0.142 e. The van der Waals surface area contributed by atoms with Crippen LogP contribution in [0.3, 0.4) is 0 Å². The second kappa shape index (κ2) is 11.6. The molecule has 37 heavy (non-hydrogen) atoms. The van der Waals surface area contributed by atoms with Crippen LogP contribution < -0.4 is 10.6 Å². The van der Waals surface area contributed by atoms with Gasteiger partial charge in [-0.25, -0.2) is 9.37 Å². The maximum Gasteiger partial charge on any atom is 0.142 e. The molecule has 2 aromatic heterocycles. The number of anilines is 1. The molecule has 4 rings (SSSR count). The number of aryl methyl sites for hydroxylation is 1. The molecule has 3 N–H and O–H groups in total. The Morgan fingerprint density at radius 2 is 1.89 bits per heavy atom. The molecule has 0 radical (unpaired) electrons. The SMILES string of the molecule is C=C/C(=C\C(=C/C)c1ccc2[nH]nc(C(=C)Nc3nccc(C)c3C)c2c1F)CNCc1ccccc1. The number of rotatable bonds is 10. The number of halogens is 1. The van der Waals surface area contributed by atoms with Gasteiger partial charge >= 0.3 is 0 Å². The van der Waals surface area contributed by atoms with Gasteiger partial charge in [-0.2, -0.15) is 5.10 Å². The summed E-state index contributed by atoms with van der Waals surface area (Å²) in [5.41, 5.74) is 7.00. The molecule has 6 heteroatoms. The number of pyridine rings is 1. The van der Waals surface area contributed by atoms with Crippen LogP contribution in [0.15, 0.2) is 91.7 Å². The van der Waals surface area contributed by atoms with Crippen LogP contribution in [0, 0.1) is 19.7 Å². The van der Waals surface area contributed by atoms with Crippen molar-refractivity contribution < 1.29 is 4.39 Å². The van der Waals surface area contributed by atoms with Gasteiger partial charge in [-0.1, -0.05) is 61.7 Å². The van der Waals surface area contributed by atoms with Crippen LogP contribution in [0.5, 0.6) is 0 Å². The summed E-state index contributed by atoms with van der Waals surface area (Å²) in [6, 6.07) is 15.7. The first-order valence-corrected chi connectivity index (χ1v) is 12.2. The number of allylic oxidation sites excluding steroid dienone is 3. The molecule has 0 spiro atoms. The molecular weight excluding hydrogens is 461 g/mol. The van der Waals surface area contributed by atoms with E-state index in [9.17, 15) is 0 Å². The second-order valence-electron chi connectivity index (χ2n) is 8.88. The Morgan fingerprint density at radius 3 is 2.62 bits per heavy atom. The Labute approximate surface area is 217 Å². The predicted molar refractivity (Wildman–Crippen MR) is 152 cm³/mol. The molecule has 0 amide bonds. The predicted octanol–water partition coefficient (Wildman–Crippen LogP) is 7.10. The molecule has 0 unspecified atom stereocenters. The van der Waals surface area contributed by atoms with E-state index in [2.05, 4.69) is 51.1 Å². The van der Waals surface area contributed by atoms with E-state index in [1.807, 2.05) is 63.3 Å². The molecule has 2 aromatic carbocycles. The van der Waals surface area contributed by atoms with Crippen molar-refractivity contribution in [3.05, 3.63) is 125 Å². The van der Waals surface area contributed by atoms with E-state index in [1.54, 1.807) is 18.3 Å². The number of aromatic amines is 1. The molecule has 188 valence electrons. The third-order valence-electron chi connectivity index (χ3n) is 6.42. The molecule has 5 nitrogen and oxygen atoms in total. The first kappa shape index (κ1) is 25.8. The lowest BCUT2D eigenvalue weighted by atomic mass is 9.99. The molecule has 0 bridgehead atoms. The fourth-order valence-electron chi connectivity index (χ4n) is 4.12. The maximum absolute atomic E-state index is 16.0. The van der Waals surface area contributed by atoms with Crippen LogP contribution in [0.2, 0.25) is 0 Å². The highest BCUT2D eigenvalue weighted by molar-refractivity contribution is 5.95. The fraction of sp³-hybridized carbons (Fsp3) is 0.161. The number of nitrogens with one attached hydrogen (secondary N) is 3. The Bertz CT molecular complexity index is 1500. The van der Waals surface area contributed by atoms with Crippen molar-refractivity contribution in [2.75, 3.05) is 11.9 Å².